The number of para-hydroxylation sites is 1. The quantitative estimate of drug-likeness (QED) is 0.791. The number of benzene rings is 1. The maximum atomic E-state index is 11.0. The first-order valence-corrected chi connectivity index (χ1v) is 6.12. The maximum absolute atomic E-state index is 11.0. The number of aliphatic hydroxyl groups is 1. The summed E-state index contributed by atoms with van der Waals surface area (Å²) in [6, 6.07) is 5.39. The fourth-order valence-electron chi connectivity index (χ4n) is 2.06. The van der Waals surface area contributed by atoms with E-state index in [1.165, 1.54) is 6.92 Å². The lowest BCUT2D eigenvalue weighted by Gasteiger charge is -2.14. The average molecular weight is 267 g/mol. The molecule has 1 amide bonds. The highest BCUT2D eigenvalue weighted by molar-refractivity contribution is 6.35. The number of aliphatic hydroxyl groups excluding tert-OH is 1. The number of hydrogen-bond donors (Lipinski definition) is 3. The number of carbonyl (C=O) groups excluding carboxylic acids is 1. The third-order valence-electron chi connectivity index (χ3n) is 2.84. The van der Waals surface area contributed by atoms with Crippen molar-refractivity contribution in [3.8, 4) is 0 Å². The summed E-state index contributed by atoms with van der Waals surface area (Å²) in [7, 11) is 0. The molecular formula is C13H15ClN2O2. The number of fused-ring (bicyclic) bond motifs is 1. The van der Waals surface area contributed by atoms with E-state index < -0.39 is 0 Å². The van der Waals surface area contributed by atoms with Crippen LogP contribution in [0, 0.1) is 0 Å². The summed E-state index contributed by atoms with van der Waals surface area (Å²) < 4.78 is 0. The van der Waals surface area contributed by atoms with Crippen molar-refractivity contribution < 1.29 is 9.90 Å². The second kappa shape index (κ2) is 5.42. The Balaban J connectivity index is 2.26. The lowest BCUT2D eigenvalue weighted by atomic mass is 10.1. The fourth-order valence-corrected chi connectivity index (χ4v) is 2.29. The van der Waals surface area contributed by atoms with Crippen LogP contribution < -0.4 is 5.32 Å². The highest BCUT2D eigenvalue weighted by atomic mass is 35.5. The third kappa shape index (κ3) is 2.66. The second-order valence-corrected chi connectivity index (χ2v) is 4.67. The van der Waals surface area contributed by atoms with E-state index in [4.69, 9.17) is 11.6 Å². The van der Waals surface area contributed by atoms with Gasteiger partial charge >= 0.3 is 0 Å². The van der Waals surface area contributed by atoms with Crippen molar-refractivity contribution >= 4 is 28.4 Å². The van der Waals surface area contributed by atoms with Crippen molar-refractivity contribution in [2.75, 3.05) is 6.61 Å². The molecule has 1 aromatic carbocycles. The SMILES string of the molecule is CC(=O)NC(CO)Cc1c[nH]c2c(Cl)cccc12. The van der Waals surface area contributed by atoms with Crippen LogP contribution in [0.1, 0.15) is 12.5 Å². The van der Waals surface area contributed by atoms with E-state index in [9.17, 15) is 9.90 Å². The molecule has 1 unspecified atom stereocenters. The number of hydrogen-bond acceptors (Lipinski definition) is 2. The smallest absolute Gasteiger partial charge is 0.217 e. The van der Waals surface area contributed by atoms with Gasteiger partial charge in [0.2, 0.25) is 5.91 Å². The Morgan fingerprint density at radius 2 is 2.33 bits per heavy atom. The molecule has 18 heavy (non-hydrogen) atoms. The van der Waals surface area contributed by atoms with Crippen LogP contribution in [0.4, 0.5) is 0 Å². The molecule has 0 saturated heterocycles. The van der Waals surface area contributed by atoms with E-state index in [0.29, 0.717) is 11.4 Å². The molecular weight excluding hydrogens is 252 g/mol. The molecule has 2 aromatic rings. The highest BCUT2D eigenvalue weighted by Crippen LogP contribution is 2.25. The van der Waals surface area contributed by atoms with E-state index in [1.807, 2.05) is 24.4 Å². The van der Waals surface area contributed by atoms with Crippen LogP contribution in [-0.2, 0) is 11.2 Å². The molecule has 1 aromatic heterocycles. The van der Waals surface area contributed by atoms with Crippen molar-refractivity contribution in [2.24, 2.45) is 0 Å². The van der Waals surface area contributed by atoms with Gasteiger partial charge in [-0.25, -0.2) is 0 Å². The topological polar surface area (TPSA) is 65.1 Å². The van der Waals surface area contributed by atoms with Crippen LogP contribution in [-0.4, -0.2) is 28.6 Å². The van der Waals surface area contributed by atoms with Gasteiger partial charge in [0.05, 0.1) is 23.2 Å². The highest BCUT2D eigenvalue weighted by Gasteiger charge is 2.13. The van der Waals surface area contributed by atoms with Gasteiger partial charge < -0.3 is 15.4 Å². The van der Waals surface area contributed by atoms with Gasteiger partial charge in [-0.3, -0.25) is 4.79 Å². The largest absolute Gasteiger partial charge is 0.394 e. The van der Waals surface area contributed by atoms with Gasteiger partial charge in [-0.1, -0.05) is 23.7 Å². The van der Waals surface area contributed by atoms with E-state index >= 15 is 0 Å². The minimum Gasteiger partial charge on any atom is -0.394 e. The first kappa shape index (κ1) is 12.9. The molecule has 3 N–H and O–H groups in total. The maximum Gasteiger partial charge on any atom is 0.217 e. The standard InChI is InChI=1S/C13H15ClN2O2/c1-8(18)16-10(7-17)5-9-6-15-13-11(9)3-2-4-12(13)14/h2-4,6,10,15,17H,5,7H2,1H3,(H,16,18). The molecule has 0 spiro atoms. The van der Waals surface area contributed by atoms with E-state index in [0.717, 1.165) is 16.5 Å². The van der Waals surface area contributed by atoms with Gasteiger partial charge in [-0.2, -0.15) is 0 Å². The lowest BCUT2D eigenvalue weighted by molar-refractivity contribution is -0.119. The first-order chi connectivity index (χ1) is 8.61. The Labute approximate surface area is 110 Å². The van der Waals surface area contributed by atoms with Gasteiger partial charge in [-0.15, -0.1) is 0 Å². The number of nitrogens with one attached hydrogen (secondary N) is 2. The zero-order valence-electron chi connectivity index (χ0n) is 10.0. The number of halogens is 1. The summed E-state index contributed by atoms with van der Waals surface area (Å²) in [6.07, 6.45) is 2.43. The summed E-state index contributed by atoms with van der Waals surface area (Å²) in [6.45, 7) is 1.35. The van der Waals surface area contributed by atoms with Crippen molar-refractivity contribution in [3.05, 3.63) is 35.0 Å². The van der Waals surface area contributed by atoms with Gasteiger partial charge in [-0.05, 0) is 18.1 Å². The predicted octanol–water partition coefficient (Wildman–Crippen LogP) is 1.86. The predicted molar refractivity (Wildman–Crippen MR) is 71.7 cm³/mol. The molecule has 0 aliphatic carbocycles. The molecule has 0 bridgehead atoms. The van der Waals surface area contributed by atoms with Crippen molar-refractivity contribution in [3.63, 3.8) is 0 Å². The van der Waals surface area contributed by atoms with E-state index in [-0.39, 0.29) is 18.6 Å². The number of carbonyl (C=O) groups is 1. The van der Waals surface area contributed by atoms with Crippen LogP contribution in [0.25, 0.3) is 10.9 Å². The number of amides is 1. The molecule has 0 aliphatic rings. The lowest BCUT2D eigenvalue weighted by Crippen LogP contribution is -2.37. The molecule has 0 radical (unpaired) electrons. The number of rotatable bonds is 4. The molecule has 4 nitrogen and oxygen atoms in total. The van der Waals surface area contributed by atoms with Crippen LogP contribution in [0.3, 0.4) is 0 Å². The van der Waals surface area contributed by atoms with E-state index in [1.54, 1.807) is 0 Å². The molecule has 96 valence electrons. The zero-order valence-corrected chi connectivity index (χ0v) is 10.8. The van der Waals surface area contributed by atoms with Crippen LogP contribution in [0.5, 0.6) is 0 Å². The second-order valence-electron chi connectivity index (χ2n) is 4.26. The first-order valence-electron chi connectivity index (χ1n) is 5.74. The molecule has 1 heterocycles. The molecule has 0 fully saturated rings. The number of aromatic amines is 1. The van der Waals surface area contributed by atoms with Crippen LogP contribution >= 0.6 is 11.6 Å². The Hall–Kier alpha value is -1.52. The Morgan fingerprint density at radius 3 is 3.00 bits per heavy atom. The summed E-state index contributed by atoms with van der Waals surface area (Å²) in [5.74, 6) is -0.146. The number of aromatic nitrogens is 1. The molecule has 0 saturated carbocycles. The molecule has 2 rings (SSSR count). The molecule has 1 atom stereocenters. The Kier molecular flexibility index (Phi) is 3.89. The molecule has 5 heteroatoms. The van der Waals surface area contributed by atoms with E-state index in [2.05, 4.69) is 10.3 Å². The fraction of sp³-hybridized carbons (Fsp3) is 0.308. The van der Waals surface area contributed by atoms with Crippen molar-refractivity contribution in [1.82, 2.24) is 10.3 Å². The van der Waals surface area contributed by atoms with Gasteiger partial charge in [0.15, 0.2) is 0 Å². The van der Waals surface area contributed by atoms with Crippen molar-refractivity contribution in [1.29, 1.82) is 0 Å². The minimum absolute atomic E-state index is 0.0905. The average Bonchev–Trinajstić information content (AvgIpc) is 2.72. The van der Waals surface area contributed by atoms with Gasteiger partial charge in [0, 0.05) is 18.5 Å². The summed E-state index contributed by atoms with van der Waals surface area (Å²) in [4.78, 5) is 14.1. The normalized spacial score (nSPS) is 12.6. The monoisotopic (exact) mass is 266 g/mol. The third-order valence-corrected chi connectivity index (χ3v) is 3.16. The van der Waals surface area contributed by atoms with Gasteiger partial charge in [0.25, 0.3) is 0 Å². The zero-order chi connectivity index (χ0) is 13.1. The summed E-state index contributed by atoms with van der Waals surface area (Å²) in [5, 5.41) is 13.6. The van der Waals surface area contributed by atoms with Crippen LogP contribution in [0.2, 0.25) is 5.02 Å². The summed E-state index contributed by atoms with van der Waals surface area (Å²) >= 11 is 6.07. The van der Waals surface area contributed by atoms with Crippen LogP contribution in [0.15, 0.2) is 24.4 Å². The van der Waals surface area contributed by atoms with Gasteiger partial charge in [0.1, 0.15) is 0 Å². The minimum atomic E-state index is -0.277. The molecule has 0 aliphatic heterocycles. The number of H-pyrrole nitrogens is 1. The Bertz CT molecular complexity index is 565. The van der Waals surface area contributed by atoms with Crippen molar-refractivity contribution in [2.45, 2.75) is 19.4 Å². The summed E-state index contributed by atoms with van der Waals surface area (Å²) in [5.41, 5.74) is 1.91. The Morgan fingerprint density at radius 1 is 1.56 bits per heavy atom.